The lowest BCUT2D eigenvalue weighted by Crippen LogP contribution is -2.49. The number of carbonyl (C=O) groups is 1. The molecule has 0 heterocycles. The van der Waals surface area contributed by atoms with Crippen molar-refractivity contribution in [3.05, 3.63) is 0 Å². The highest BCUT2D eigenvalue weighted by Gasteiger charge is 2.47. The van der Waals surface area contributed by atoms with E-state index in [1.807, 2.05) is 41.5 Å². The predicted octanol–water partition coefficient (Wildman–Crippen LogP) is 7.33. The molecule has 0 aromatic carbocycles. The zero-order valence-corrected chi connectivity index (χ0v) is 26.8. The molecule has 0 radical (unpaired) electrons. The fraction of sp³-hybridized carbons (Fsp3) is 0.963. The van der Waals surface area contributed by atoms with Gasteiger partial charge < -0.3 is 26.6 Å². The summed E-state index contributed by atoms with van der Waals surface area (Å²) in [6, 6.07) is 0. The summed E-state index contributed by atoms with van der Waals surface area (Å²) in [7, 11) is -5.26. The van der Waals surface area contributed by atoms with Gasteiger partial charge in [-0.2, -0.15) is 0 Å². The van der Waals surface area contributed by atoms with Crippen LogP contribution in [0.15, 0.2) is 0 Å². The molecular formula is C27H58O7Si2. The third-order valence-electron chi connectivity index (χ3n) is 6.47. The van der Waals surface area contributed by atoms with Crippen LogP contribution in [0.4, 0.5) is 0 Å². The van der Waals surface area contributed by atoms with Gasteiger partial charge in [0.1, 0.15) is 5.78 Å². The number of carbonyl (C=O) groups excluding carboxylic acids is 1. The van der Waals surface area contributed by atoms with Crippen molar-refractivity contribution in [2.75, 3.05) is 39.6 Å². The van der Waals surface area contributed by atoms with Gasteiger partial charge in [0.05, 0.1) is 0 Å². The van der Waals surface area contributed by atoms with Crippen LogP contribution in [0.5, 0.6) is 0 Å². The highest BCUT2D eigenvalue weighted by atomic mass is 28.4. The smallest absolute Gasteiger partial charge is 0.374 e. The van der Waals surface area contributed by atoms with Crippen molar-refractivity contribution in [2.45, 2.75) is 131 Å². The quantitative estimate of drug-likeness (QED) is 0.0824. The Morgan fingerprint density at radius 1 is 0.500 bits per heavy atom. The Bertz CT molecular complexity index is 458. The molecule has 9 heteroatoms. The minimum atomic E-state index is -2.63. The van der Waals surface area contributed by atoms with Crippen molar-refractivity contribution in [1.29, 1.82) is 0 Å². The molecule has 0 spiro atoms. The second-order valence-electron chi connectivity index (χ2n) is 9.34. The van der Waals surface area contributed by atoms with E-state index in [9.17, 15) is 4.79 Å². The number of hydrogen-bond acceptors (Lipinski definition) is 7. The summed E-state index contributed by atoms with van der Waals surface area (Å²) < 4.78 is 36.1. The summed E-state index contributed by atoms with van der Waals surface area (Å²) in [5.41, 5.74) is 0.538. The third-order valence-corrected chi connectivity index (χ3v) is 13.6. The van der Waals surface area contributed by atoms with Gasteiger partial charge in [0.15, 0.2) is 0 Å². The van der Waals surface area contributed by atoms with Crippen LogP contribution < -0.4 is 0 Å². The first-order chi connectivity index (χ1) is 17.3. The molecule has 216 valence electrons. The zero-order valence-electron chi connectivity index (χ0n) is 24.8. The molecular weight excluding hydrogens is 492 g/mol. The van der Waals surface area contributed by atoms with Gasteiger partial charge in [-0.15, -0.1) is 0 Å². The molecule has 0 bridgehead atoms. The highest BCUT2D eigenvalue weighted by molar-refractivity contribution is 6.62. The number of Topliss-reactive ketones (excluding diaryl/α,β-unsaturated/α-hetero) is 1. The van der Waals surface area contributed by atoms with Gasteiger partial charge in [-0.1, -0.05) is 39.5 Å². The summed E-state index contributed by atoms with van der Waals surface area (Å²) in [5.74, 6) is 0.388. The predicted molar refractivity (Wildman–Crippen MR) is 151 cm³/mol. The molecule has 0 aromatic rings. The number of unbranched alkanes of at least 4 members (excludes halogenated alkanes) is 4. The van der Waals surface area contributed by atoms with E-state index in [0.717, 1.165) is 51.4 Å². The van der Waals surface area contributed by atoms with Gasteiger partial charge in [-0.3, -0.25) is 4.79 Å². The molecule has 0 aliphatic rings. The zero-order chi connectivity index (χ0) is 27.3. The van der Waals surface area contributed by atoms with E-state index < -0.39 is 17.6 Å². The summed E-state index contributed by atoms with van der Waals surface area (Å²) in [4.78, 5) is 12.4. The van der Waals surface area contributed by atoms with Gasteiger partial charge in [0.2, 0.25) is 0 Å². The van der Waals surface area contributed by atoms with E-state index >= 15 is 0 Å². The largest absolute Gasteiger partial charge is 0.503 e. The van der Waals surface area contributed by atoms with E-state index in [0.29, 0.717) is 58.3 Å². The van der Waals surface area contributed by atoms with E-state index in [2.05, 4.69) is 13.8 Å². The van der Waals surface area contributed by atoms with Crippen molar-refractivity contribution in [1.82, 2.24) is 0 Å². The van der Waals surface area contributed by atoms with Crippen LogP contribution in [0.3, 0.4) is 0 Å². The van der Waals surface area contributed by atoms with Crippen LogP contribution in [0.25, 0.3) is 0 Å². The lowest BCUT2D eigenvalue weighted by Gasteiger charge is -2.33. The number of ketones is 1. The second-order valence-corrected chi connectivity index (χ2v) is 15.5. The molecule has 0 saturated heterocycles. The first kappa shape index (κ1) is 35.9. The molecule has 36 heavy (non-hydrogen) atoms. The Morgan fingerprint density at radius 3 is 1.03 bits per heavy atom. The molecule has 0 N–H and O–H groups in total. The summed E-state index contributed by atoms with van der Waals surface area (Å²) in [6.07, 6.45) is 9.56. The van der Waals surface area contributed by atoms with Crippen molar-refractivity contribution >= 4 is 23.4 Å². The highest BCUT2D eigenvalue weighted by Crippen LogP contribution is 2.32. The lowest BCUT2D eigenvalue weighted by atomic mass is 10.0. The van der Waals surface area contributed by atoms with Gasteiger partial charge >= 0.3 is 17.6 Å². The normalized spacial score (nSPS) is 14.2. The summed E-state index contributed by atoms with van der Waals surface area (Å²) >= 11 is 0. The molecule has 0 aliphatic heterocycles. The maximum absolute atomic E-state index is 12.4. The van der Waals surface area contributed by atoms with Crippen LogP contribution in [0.2, 0.25) is 11.1 Å². The van der Waals surface area contributed by atoms with Crippen LogP contribution in [0.1, 0.15) is 120 Å². The molecule has 0 saturated carbocycles. The molecule has 0 aliphatic carbocycles. The number of hydrogen-bond donors (Lipinski definition) is 0. The van der Waals surface area contributed by atoms with E-state index in [4.69, 9.17) is 26.6 Å². The lowest BCUT2D eigenvalue weighted by molar-refractivity contribution is -0.119. The van der Waals surface area contributed by atoms with Crippen LogP contribution in [-0.4, -0.2) is 63.0 Å². The van der Waals surface area contributed by atoms with Crippen molar-refractivity contribution in [2.24, 2.45) is 0 Å². The van der Waals surface area contributed by atoms with Crippen molar-refractivity contribution in [3.8, 4) is 0 Å². The minimum absolute atomic E-state index is 0.269. The SMILES string of the molecule is CCO[Si](OCC)(OCC)C(C)CCCCCC(=O)CCCCCC(C)[Si](OCC)(OCC)OCC. The first-order valence-corrected chi connectivity index (χ1v) is 18.3. The van der Waals surface area contributed by atoms with Crippen LogP contribution >= 0.6 is 0 Å². The van der Waals surface area contributed by atoms with Gasteiger partial charge in [-0.25, -0.2) is 0 Å². The van der Waals surface area contributed by atoms with Crippen LogP contribution in [0, 0.1) is 0 Å². The summed E-state index contributed by atoms with van der Waals surface area (Å²) in [6.45, 7) is 20.0. The number of rotatable bonds is 26. The minimum Gasteiger partial charge on any atom is -0.374 e. The van der Waals surface area contributed by atoms with E-state index in [1.54, 1.807) is 0 Å². The van der Waals surface area contributed by atoms with Crippen molar-refractivity contribution in [3.63, 3.8) is 0 Å². The molecule has 0 rings (SSSR count). The second kappa shape index (κ2) is 21.8. The Hall–Kier alpha value is -0.136. The van der Waals surface area contributed by atoms with Crippen molar-refractivity contribution < 1.29 is 31.4 Å². The Balaban J connectivity index is 4.22. The molecule has 0 fully saturated rings. The van der Waals surface area contributed by atoms with Gasteiger partial charge in [0, 0.05) is 63.6 Å². The monoisotopic (exact) mass is 550 g/mol. The maximum atomic E-state index is 12.4. The Kier molecular flexibility index (Phi) is 21.7. The van der Waals surface area contributed by atoms with Gasteiger partial charge in [0.25, 0.3) is 0 Å². The fourth-order valence-corrected chi connectivity index (χ4v) is 10.4. The standard InChI is InChI=1S/C27H58O7Si2/c1-9-29-35(30-10-2,31-11-3)25(7)21-17-15-19-23-27(28)24-20-16-18-22-26(8)36(32-12-4,33-13-5)34-14-6/h25-26H,9-24H2,1-8H3. The van der Waals surface area contributed by atoms with E-state index in [1.165, 1.54) is 0 Å². The van der Waals surface area contributed by atoms with E-state index in [-0.39, 0.29) is 11.1 Å². The molecule has 2 unspecified atom stereocenters. The maximum Gasteiger partial charge on any atom is 0.503 e. The fourth-order valence-electron chi connectivity index (χ4n) is 4.69. The third kappa shape index (κ3) is 13.6. The molecule has 7 nitrogen and oxygen atoms in total. The summed E-state index contributed by atoms with van der Waals surface area (Å²) in [5, 5.41) is 0. The molecule has 2 atom stereocenters. The van der Waals surface area contributed by atoms with Crippen LogP contribution in [-0.2, 0) is 31.4 Å². The molecule has 0 amide bonds. The van der Waals surface area contributed by atoms with Gasteiger partial charge in [-0.05, 0) is 67.2 Å². The Labute approximate surface area is 225 Å². The Morgan fingerprint density at radius 2 is 0.778 bits per heavy atom. The molecule has 0 aromatic heterocycles. The topological polar surface area (TPSA) is 72.5 Å². The average molecular weight is 551 g/mol. The first-order valence-electron chi connectivity index (χ1n) is 14.7. The average Bonchev–Trinajstić information content (AvgIpc) is 2.84.